The number of aryl methyl sites for hydroxylation is 1. The van der Waals surface area contributed by atoms with Crippen LogP contribution in [0.2, 0.25) is 0 Å². The van der Waals surface area contributed by atoms with Crippen LogP contribution in [-0.4, -0.2) is 35.6 Å². The van der Waals surface area contributed by atoms with E-state index < -0.39 is 6.10 Å². The van der Waals surface area contributed by atoms with Gasteiger partial charge in [0.25, 0.3) is 5.91 Å². The van der Waals surface area contributed by atoms with E-state index in [2.05, 4.69) is 0 Å². The molecule has 94 valence electrons. The predicted molar refractivity (Wildman–Crippen MR) is 68.8 cm³/mol. The van der Waals surface area contributed by atoms with Gasteiger partial charge < -0.3 is 15.7 Å². The first-order valence-corrected chi connectivity index (χ1v) is 5.72. The van der Waals surface area contributed by atoms with Crippen LogP contribution >= 0.6 is 0 Å². The Kier molecular flexibility index (Phi) is 4.52. The number of hydrogen-bond acceptors (Lipinski definition) is 3. The topological polar surface area (TPSA) is 66.6 Å². The van der Waals surface area contributed by atoms with Gasteiger partial charge in [-0.1, -0.05) is 12.1 Å². The van der Waals surface area contributed by atoms with Crippen molar-refractivity contribution in [3.05, 3.63) is 29.3 Å². The maximum absolute atomic E-state index is 12.2. The Labute approximate surface area is 102 Å². The number of benzene rings is 1. The monoisotopic (exact) mass is 236 g/mol. The third-order valence-electron chi connectivity index (χ3n) is 2.75. The van der Waals surface area contributed by atoms with E-state index in [0.29, 0.717) is 24.2 Å². The van der Waals surface area contributed by atoms with Gasteiger partial charge >= 0.3 is 0 Å². The Hall–Kier alpha value is -1.55. The molecule has 3 N–H and O–H groups in total. The molecule has 1 atom stereocenters. The summed E-state index contributed by atoms with van der Waals surface area (Å²) in [5, 5.41) is 9.20. The molecule has 17 heavy (non-hydrogen) atoms. The highest BCUT2D eigenvalue weighted by molar-refractivity contribution is 6.00. The summed E-state index contributed by atoms with van der Waals surface area (Å²) in [7, 11) is 1.72. The summed E-state index contributed by atoms with van der Waals surface area (Å²) in [4.78, 5) is 13.8. The van der Waals surface area contributed by atoms with Crippen LogP contribution in [0.4, 0.5) is 5.69 Å². The van der Waals surface area contributed by atoms with Crippen molar-refractivity contribution in [2.45, 2.75) is 26.4 Å². The summed E-state index contributed by atoms with van der Waals surface area (Å²) in [6, 6.07) is 5.42. The Bertz CT molecular complexity index is 382. The highest BCUT2D eigenvalue weighted by Gasteiger charge is 2.16. The molecule has 1 aromatic carbocycles. The second kappa shape index (κ2) is 5.68. The van der Waals surface area contributed by atoms with E-state index in [-0.39, 0.29) is 5.91 Å². The molecule has 1 unspecified atom stereocenters. The molecule has 0 aliphatic rings. The van der Waals surface area contributed by atoms with Gasteiger partial charge in [-0.2, -0.15) is 0 Å². The summed E-state index contributed by atoms with van der Waals surface area (Å²) < 4.78 is 0. The molecular formula is C13H20N2O2. The minimum absolute atomic E-state index is 0.0961. The number of aliphatic hydroxyl groups excluding tert-OH is 1. The zero-order chi connectivity index (χ0) is 13.0. The first-order valence-electron chi connectivity index (χ1n) is 5.72. The maximum atomic E-state index is 12.2. The lowest BCUT2D eigenvalue weighted by molar-refractivity contribution is 0.0769. The summed E-state index contributed by atoms with van der Waals surface area (Å²) in [6.07, 6.45) is 0.160. The van der Waals surface area contributed by atoms with Gasteiger partial charge in [-0.05, 0) is 31.9 Å². The lowest BCUT2D eigenvalue weighted by atomic mass is 10.1. The fraction of sp³-hybridized carbons (Fsp3) is 0.462. The van der Waals surface area contributed by atoms with E-state index in [9.17, 15) is 9.90 Å². The Morgan fingerprint density at radius 1 is 1.53 bits per heavy atom. The van der Waals surface area contributed by atoms with Crippen LogP contribution in [0, 0.1) is 6.92 Å². The summed E-state index contributed by atoms with van der Waals surface area (Å²) in [5.74, 6) is -0.0961. The van der Waals surface area contributed by atoms with Gasteiger partial charge in [0.2, 0.25) is 0 Å². The Morgan fingerprint density at radius 3 is 2.71 bits per heavy atom. The number of aliphatic hydroxyl groups is 1. The molecule has 1 amide bonds. The number of nitrogens with zero attached hydrogens (tertiary/aromatic N) is 1. The highest BCUT2D eigenvalue weighted by Crippen LogP contribution is 2.18. The maximum Gasteiger partial charge on any atom is 0.255 e. The summed E-state index contributed by atoms with van der Waals surface area (Å²) in [6.45, 7) is 4.09. The number of anilines is 1. The zero-order valence-electron chi connectivity index (χ0n) is 10.6. The van der Waals surface area contributed by atoms with Crippen LogP contribution in [0.5, 0.6) is 0 Å². The molecule has 1 aromatic rings. The van der Waals surface area contributed by atoms with Crippen molar-refractivity contribution in [2.75, 3.05) is 19.3 Å². The van der Waals surface area contributed by atoms with Crippen LogP contribution in [0.25, 0.3) is 0 Å². The quantitative estimate of drug-likeness (QED) is 0.777. The number of nitrogen functional groups attached to an aromatic ring is 1. The van der Waals surface area contributed by atoms with Gasteiger partial charge in [0.15, 0.2) is 0 Å². The number of amides is 1. The van der Waals surface area contributed by atoms with Crippen LogP contribution in [0.3, 0.4) is 0 Å². The molecule has 0 spiro atoms. The Morgan fingerprint density at radius 2 is 2.18 bits per heavy atom. The average molecular weight is 236 g/mol. The molecule has 0 aliphatic carbocycles. The Balaban J connectivity index is 2.82. The molecule has 4 heteroatoms. The van der Waals surface area contributed by atoms with E-state index in [4.69, 9.17) is 5.73 Å². The van der Waals surface area contributed by atoms with Crippen molar-refractivity contribution in [3.63, 3.8) is 0 Å². The average Bonchev–Trinajstić information content (AvgIpc) is 2.25. The second-order valence-electron chi connectivity index (χ2n) is 4.40. The molecular weight excluding hydrogens is 216 g/mol. The van der Waals surface area contributed by atoms with Crippen LogP contribution in [0.1, 0.15) is 29.3 Å². The minimum Gasteiger partial charge on any atom is -0.398 e. The third-order valence-corrected chi connectivity index (χ3v) is 2.75. The normalized spacial score (nSPS) is 12.2. The van der Waals surface area contributed by atoms with Gasteiger partial charge in [-0.3, -0.25) is 4.79 Å². The number of carbonyl (C=O) groups is 1. The molecule has 0 saturated heterocycles. The van der Waals surface area contributed by atoms with Crippen molar-refractivity contribution in [1.82, 2.24) is 4.90 Å². The molecule has 0 heterocycles. The molecule has 0 saturated carbocycles. The van der Waals surface area contributed by atoms with Gasteiger partial charge in [0, 0.05) is 19.3 Å². The second-order valence-corrected chi connectivity index (χ2v) is 4.40. The number of hydrogen-bond donors (Lipinski definition) is 2. The van der Waals surface area contributed by atoms with E-state index >= 15 is 0 Å². The fourth-order valence-electron chi connectivity index (χ4n) is 1.66. The number of rotatable bonds is 4. The molecule has 0 aliphatic heterocycles. The van der Waals surface area contributed by atoms with E-state index in [0.717, 1.165) is 5.56 Å². The lowest BCUT2D eigenvalue weighted by Crippen LogP contribution is -2.30. The van der Waals surface area contributed by atoms with Crippen LogP contribution < -0.4 is 5.73 Å². The highest BCUT2D eigenvalue weighted by atomic mass is 16.3. The predicted octanol–water partition coefficient (Wildman–Crippen LogP) is 1.42. The molecule has 1 rings (SSSR count). The van der Waals surface area contributed by atoms with E-state index in [1.165, 1.54) is 0 Å². The SMILES string of the molecule is Cc1cccc(N)c1C(=O)N(C)CCC(C)O. The standard InChI is InChI=1S/C13H20N2O2/c1-9-5-4-6-11(14)12(9)13(17)15(3)8-7-10(2)16/h4-6,10,16H,7-8,14H2,1-3H3. The molecule has 0 radical (unpaired) electrons. The summed E-state index contributed by atoms with van der Waals surface area (Å²) in [5.41, 5.74) is 7.75. The van der Waals surface area contributed by atoms with Gasteiger partial charge in [-0.15, -0.1) is 0 Å². The van der Waals surface area contributed by atoms with Crippen molar-refractivity contribution in [3.8, 4) is 0 Å². The molecule has 0 fully saturated rings. The molecule has 0 bridgehead atoms. The van der Waals surface area contributed by atoms with E-state index in [1.807, 2.05) is 19.1 Å². The summed E-state index contributed by atoms with van der Waals surface area (Å²) >= 11 is 0. The van der Waals surface area contributed by atoms with Gasteiger partial charge in [-0.25, -0.2) is 0 Å². The van der Waals surface area contributed by atoms with Gasteiger partial charge in [0.05, 0.1) is 11.7 Å². The first kappa shape index (κ1) is 13.5. The van der Waals surface area contributed by atoms with Gasteiger partial charge in [0.1, 0.15) is 0 Å². The third kappa shape index (κ3) is 3.46. The fourth-order valence-corrected chi connectivity index (χ4v) is 1.66. The van der Waals surface area contributed by atoms with Crippen molar-refractivity contribution >= 4 is 11.6 Å². The number of carbonyl (C=O) groups excluding carboxylic acids is 1. The van der Waals surface area contributed by atoms with Crippen molar-refractivity contribution in [2.24, 2.45) is 0 Å². The molecule has 4 nitrogen and oxygen atoms in total. The van der Waals surface area contributed by atoms with Crippen molar-refractivity contribution in [1.29, 1.82) is 0 Å². The number of nitrogens with two attached hydrogens (primary N) is 1. The lowest BCUT2D eigenvalue weighted by Gasteiger charge is -2.20. The van der Waals surface area contributed by atoms with Crippen LogP contribution in [0.15, 0.2) is 18.2 Å². The zero-order valence-corrected chi connectivity index (χ0v) is 10.6. The van der Waals surface area contributed by atoms with Crippen molar-refractivity contribution < 1.29 is 9.90 Å². The van der Waals surface area contributed by atoms with Crippen LogP contribution in [-0.2, 0) is 0 Å². The molecule has 0 aromatic heterocycles. The smallest absolute Gasteiger partial charge is 0.255 e. The largest absolute Gasteiger partial charge is 0.398 e. The van der Waals surface area contributed by atoms with E-state index in [1.54, 1.807) is 24.9 Å². The minimum atomic E-state index is -0.403. The first-order chi connectivity index (χ1) is 7.93.